The van der Waals surface area contributed by atoms with Crippen LogP contribution in [0, 0.1) is 0 Å². The number of para-hydroxylation sites is 6. The van der Waals surface area contributed by atoms with Crippen molar-refractivity contribution in [3.8, 4) is 28.2 Å². The molecule has 3 aromatic heterocycles. The summed E-state index contributed by atoms with van der Waals surface area (Å²) in [7, 11) is 0. The van der Waals surface area contributed by atoms with E-state index < -0.39 is 0 Å². The van der Waals surface area contributed by atoms with Crippen LogP contribution in [-0.4, -0.2) is 13.7 Å². The number of benzene rings is 10. The Morgan fingerprint density at radius 2 is 0.688 bits per heavy atom. The minimum atomic E-state index is 1.08. The molecule has 0 radical (unpaired) electrons. The molecule has 0 saturated carbocycles. The molecule has 300 valence electrons. The van der Waals surface area contributed by atoms with Gasteiger partial charge in [-0.05, 0) is 114 Å². The summed E-state index contributed by atoms with van der Waals surface area (Å²) in [5.74, 6) is 0. The maximum atomic E-state index is 2.46. The highest BCUT2D eigenvalue weighted by atomic mass is 15.2. The van der Waals surface area contributed by atoms with Gasteiger partial charge in [-0.25, -0.2) is 0 Å². The largest absolute Gasteiger partial charge is 0.310 e. The van der Waals surface area contributed by atoms with Crippen LogP contribution in [0.5, 0.6) is 0 Å². The summed E-state index contributed by atoms with van der Waals surface area (Å²) in [6.45, 7) is 0. The van der Waals surface area contributed by atoms with Crippen LogP contribution >= 0.6 is 0 Å². The first-order chi connectivity index (χ1) is 31.8. The maximum absolute atomic E-state index is 2.46. The Morgan fingerprint density at radius 1 is 0.250 bits per heavy atom. The summed E-state index contributed by atoms with van der Waals surface area (Å²) in [5.41, 5.74) is 16.2. The molecule has 0 aliphatic rings. The average molecular weight is 817 g/mol. The lowest BCUT2D eigenvalue weighted by atomic mass is 10.0. The summed E-state index contributed by atoms with van der Waals surface area (Å²) >= 11 is 0. The monoisotopic (exact) mass is 816 g/mol. The molecule has 0 bridgehead atoms. The lowest BCUT2D eigenvalue weighted by Crippen LogP contribution is -2.10. The minimum Gasteiger partial charge on any atom is -0.310 e. The van der Waals surface area contributed by atoms with Crippen molar-refractivity contribution in [3.05, 3.63) is 243 Å². The number of rotatable bonds is 7. The number of hydrogen-bond acceptors (Lipinski definition) is 1. The Bertz CT molecular complexity index is 3880. The molecule has 0 unspecified atom stereocenters. The molecule has 4 nitrogen and oxygen atoms in total. The number of hydrogen-bond donors (Lipinski definition) is 0. The van der Waals surface area contributed by atoms with E-state index in [-0.39, 0.29) is 0 Å². The Kier molecular flexibility index (Phi) is 8.18. The molecule has 0 saturated heterocycles. The van der Waals surface area contributed by atoms with Crippen molar-refractivity contribution in [1.29, 1.82) is 0 Å². The molecule has 0 aliphatic carbocycles. The molecule has 0 fully saturated rings. The molecular formula is C60H40N4. The maximum Gasteiger partial charge on any atom is 0.0562 e. The number of aromatic nitrogens is 3. The van der Waals surface area contributed by atoms with Crippen LogP contribution in [0.2, 0.25) is 0 Å². The lowest BCUT2D eigenvalue weighted by molar-refractivity contribution is 1.17. The Hall–Kier alpha value is -8.60. The van der Waals surface area contributed by atoms with E-state index in [9.17, 15) is 0 Å². The molecule has 3 heterocycles. The lowest BCUT2D eigenvalue weighted by Gasteiger charge is -2.27. The van der Waals surface area contributed by atoms with Crippen molar-refractivity contribution in [2.24, 2.45) is 0 Å². The van der Waals surface area contributed by atoms with E-state index in [2.05, 4.69) is 261 Å². The van der Waals surface area contributed by atoms with Gasteiger partial charge in [0.2, 0.25) is 0 Å². The first-order valence-electron chi connectivity index (χ1n) is 21.9. The van der Waals surface area contributed by atoms with E-state index in [1.807, 2.05) is 0 Å². The van der Waals surface area contributed by atoms with Gasteiger partial charge in [0.25, 0.3) is 0 Å². The minimum absolute atomic E-state index is 1.08. The Labute approximate surface area is 370 Å². The van der Waals surface area contributed by atoms with Gasteiger partial charge < -0.3 is 18.6 Å². The van der Waals surface area contributed by atoms with Gasteiger partial charge in [0, 0.05) is 60.8 Å². The van der Waals surface area contributed by atoms with Crippen molar-refractivity contribution in [2.45, 2.75) is 0 Å². The highest BCUT2D eigenvalue weighted by molar-refractivity contribution is 6.17. The first-order valence-corrected chi connectivity index (χ1v) is 21.9. The van der Waals surface area contributed by atoms with Crippen molar-refractivity contribution in [1.82, 2.24) is 13.7 Å². The van der Waals surface area contributed by atoms with Crippen molar-refractivity contribution < 1.29 is 0 Å². The van der Waals surface area contributed by atoms with Gasteiger partial charge in [-0.2, -0.15) is 0 Å². The zero-order chi connectivity index (χ0) is 42.1. The molecule has 10 aromatic carbocycles. The Balaban J connectivity index is 1.02. The van der Waals surface area contributed by atoms with E-state index in [1.165, 1.54) is 65.5 Å². The predicted molar refractivity (Wildman–Crippen MR) is 270 cm³/mol. The van der Waals surface area contributed by atoms with Gasteiger partial charge in [-0.1, -0.05) is 140 Å². The van der Waals surface area contributed by atoms with Gasteiger partial charge >= 0.3 is 0 Å². The summed E-state index contributed by atoms with van der Waals surface area (Å²) < 4.78 is 7.18. The SMILES string of the molecule is c1ccc(-n2c3ccccc3c3cc(-c4ccc(N(c5ccc6c7ccccc7n(-c7ccccc7)c6c5)c5cccc6c5c5ccccc5n6-c5ccccc5)cc4)ccc32)cc1. The van der Waals surface area contributed by atoms with E-state index >= 15 is 0 Å². The standard InChI is InChI=1S/C60H40N4/c1-4-17-43(18-5-1)62-54-27-14-11-24-49(54)52-39-42(33-38-56(52)62)41-31-34-46(35-32-41)61(47-36-37-50-48-23-10-13-26-53(48)64(59(50)40-47)45-21-8-3-9-22-45)57-29-16-30-58-60(57)51-25-12-15-28-55(51)63(58)44-19-6-2-7-20-44/h1-40H. The van der Waals surface area contributed by atoms with Gasteiger partial charge in [0.05, 0.1) is 38.8 Å². The second-order valence-corrected chi connectivity index (χ2v) is 16.6. The van der Waals surface area contributed by atoms with E-state index in [0.29, 0.717) is 0 Å². The number of nitrogens with zero attached hydrogens (tertiary/aromatic N) is 4. The molecule has 0 spiro atoms. The zero-order valence-corrected chi connectivity index (χ0v) is 34.9. The van der Waals surface area contributed by atoms with E-state index in [4.69, 9.17) is 0 Å². The quantitative estimate of drug-likeness (QED) is 0.157. The van der Waals surface area contributed by atoms with Gasteiger partial charge in [-0.3, -0.25) is 0 Å². The highest BCUT2D eigenvalue weighted by Crippen LogP contribution is 2.46. The second kappa shape index (κ2) is 14.5. The van der Waals surface area contributed by atoms with Crippen LogP contribution in [0.4, 0.5) is 17.1 Å². The van der Waals surface area contributed by atoms with Gasteiger partial charge in [0.1, 0.15) is 0 Å². The molecule has 0 atom stereocenters. The van der Waals surface area contributed by atoms with Crippen LogP contribution in [-0.2, 0) is 0 Å². The molecule has 64 heavy (non-hydrogen) atoms. The third-order valence-electron chi connectivity index (χ3n) is 13.0. The van der Waals surface area contributed by atoms with Crippen LogP contribution in [0.15, 0.2) is 243 Å². The summed E-state index contributed by atoms with van der Waals surface area (Å²) in [6, 6.07) is 88.2. The van der Waals surface area contributed by atoms with E-state index in [0.717, 1.165) is 45.2 Å². The van der Waals surface area contributed by atoms with Crippen molar-refractivity contribution in [3.63, 3.8) is 0 Å². The number of fused-ring (bicyclic) bond motifs is 9. The first kappa shape index (κ1) is 36.1. The summed E-state index contributed by atoms with van der Waals surface area (Å²) in [6.07, 6.45) is 0. The second-order valence-electron chi connectivity index (χ2n) is 16.6. The van der Waals surface area contributed by atoms with Gasteiger partial charge in [0.15, 0.2) is 0 Å². The molecule has 0 amide bonds. The van der Waals surface area contributed by atoms with Crippen LogP contribution < -0.4 is 4.90 Å². The number of anilines is 3. The van der Waals surface area contributed by atoms with Crippen LogP contribution in [0.25, 0.3) is 93.6 Å². The normalized spacial score (nSPS) is 11.8. The van der Waals surface area contributed by atoms with Crippen LogP contribution in [0.3, 0.4) is 0 Å². The fraction of sp³-hybridized carbons (Fsp3) is 0. The molecule has 13 aromatic rings. The summed E-state index contributed by atoms with van der Waals surface area (Å²) in [4.78, 5) is 2.46. The molecule has 4 heteroatoms. The average Bonchev–Trinajstić information content (AvgIpc) is 4.01. The Morgan fingerprint density at radius 3 is 1.31 bits per heavy atom. The van der Waals surface area contributed by atoms with E-state index in [1.54, 1.807) is 0 Å². The molecule has 0 aliphatic heterocycles. The topological polar surface area (TPSA) is 18.0 Å². The molecule has 13 rings (SSSR count). The van der Waals surface area contributed by atoms with Crippen molar-refractivity contribution >= 4 is 82.5 Å². The van der Waals surface area contributed by atoms with Crippen molar-refractivity contribution in [2.75, 3.05) is 4.90 Å². The zero-order valence-electron chi connectivity index (χ0n) is 34.9. The third-order valence-corrected chi connectivity index (χ3v) is 13.0. The fourth-order valence-corrected chi connectivity index (χ4v) is 10.2. The smallest absolute Gasteiger partial charge is 0.0562 e. The highest BCUT2D eigenvalue weighted by Gasteiger charge is 2.23. The van der Waals surface area contributed by atoms with Crippen LogP contribution in [0.1, 0.15) is 0 Å². The fourth-order valence-electron chi connectivity index (χ4n) is 10.2. The molecule has 0 N–H and O–H groups in total. The summed E-state index contributed by atoms with van der Waals surface area (Å²) in [5, 5.41) is 7.36. The van der Waals surface area contributed by atoms with Gasteiger partial charge in [-0.15, -0.1) is 0 Å². The predicted octanol–water partition coefficient (Wildman–Crippen LogP) is 16.1. The third kappa shape index (κ3) is 5.56. The molecular weight excluding hydrogens is 777 g/mol.